The first-order chi connectivity index (χ1) is 16.4. The van der Waals surface area contributed by atoms with E-state index < -0.39 is 5.97 Å². The van der Waals surface area contributed by atoms with Crippen LogP contribution in [0.15, 0.2) is 71.4 Å². The molecule has 4 rings (SSSR count). The second-order valence-electron chi connectivity index (χ2n) is 8.03. The van der Waals surface area contributed by atoms with Gasteiger partial charge in [0.15, 0.2) is 17.2 Å². The number of hydrogen-bond donors (Lipinski definition) is 0. The average Bonchev–Trinajstić information content (AvgIpc) is 3.19. The van der Waals surface area contributed by atoms with Crippen molar-refractivity contribution in [2.24, 2.45) is 4.99 Å². The van der Waals surface area contributed by atoms with Crippen LogP contribution >= 0.6 is 11.6 Å². The smallest absolute Gasteiger partial charge is 0.363 e. The molecule has 5 nitrogen and oxygen atoms in total. The van der Waals surface area contributed by atoms with Crippen LogP contribution in [-0.4, -0.2) is 19.0 Å². The molecule has 0 spiro atoms. The van der Waals surface area contributed by atoms with Gasteiger partial charge in [-0.1, -0.05) is 55.8 Å². The van der Waals surface area contributed by atoms with Gasteiger partial charge in [0.2, 0.25) is 5.90 Å². The number of nitrogens with zero attached hydrogens (tertiary/aromatic N) is 1. The van der Waals surface area contributed by atoms with Crippen LogP contribution in [0, 0.1) is 5.82 Å². The molecular formula is C27H23ClFNO4. The number of rotatable bonds is 7. The van der Waals surface area contributed by atoms with Gasteiger partial charge in [-0.3, -0.25) is 0 Å². The fourth-order valence-electron chi connectivity index (χ4n) is 3.43. The molecule has 0 aromatic heterocycles. The van der Waals surface area contributed by atoms with Gasteiger partial charge in [-0.05, 0) is 53.5 Å². The van der Waals surface area contributed by atoms with Crippen LogP contribution in [0.5, 0.6) is 11.5 Å². The highest BCUT2D eigenvalue weighted by molar-refractivity contribution is 6.32. The molecule has 1 aliphatic rings. The number of carbonyl (C=O) groups excluding carboxylic acids is 1. The maximum atomic E-state index is 13.9. The van der Waals surface area contributed by atoms with Gasteiger partial charge in [-0.15, -0.1) is 0 Å². The molecule has 174 valence electrons. The third-order valence-electron chi connectivity index (χ3n) is 5.33. The third-order valence-corrected chi connectivity index (χ3v) is 5.61. The number of benzene rings is 3. The SMILES string of the molecule is COc1cc(/C=C2/N=C(c3ccc(C(C)C)cc3)OC2=O)cc(Cl)c1OCc1ccccc1F. The van der Waals surface area contributed by atoms with Crippen LogP contribution in [0.2, 0.25) is 5.02 Å². The lowest BCUT2D eigenvalue weighted by Crippen LogP contribution is -2.05. The summed E-state index contributed by atoms with van der Waals surface area (Å²) in [5.41, 5.74) is 3.01. The van der Waals surface area contributed by atoms with E-state index in [0.717, 1.165) is 0 Å². The minimum atomic E-state index is -0.557. The van der Waals surface area contributed by atoms with Crippen molar-refractivity contribution in [3.8, 4) is 11.5 Å². The van der Waals surface area contributed by atoms with Gasteiger partial charge < -0.3 is 14.2 Å². The van der Waals surface area contributed by atoms with E-state index in [1.54, 1.807) is 36.4 Å². The zero-order valence-electron chi connectivity index (χ0n) is 19.0. The molecule has 0 aliphatic carbocycles. The predicted octanol–water partition coefficient (Wildman–Crippen LogP) is 6.53. The van der Waals surface area contributed by atoms with Crippen LogP contribution in [0.25, 0.3) is 6.08 Å². The Balaban J connectivity index is 1.58. The van der Waals surface area contributed by atoms with Gasteiger partial charge in [0.25, 0.3) is 0 Å². The largest absolute Gasteiger partial charge is 0.493 e. The lowest BCUT2D eigenvalue weighted by atomic mass is 10.0. The summed E-state index contributed by atoms with van der Waals surface area (Å²) in [4.78, 5) is 16.8. The number of aliphatic imine (C=N–C) groups is 1. The van der Waals surface area contributed by atoms with E-state index in [0.29, 0.717) is 28.4 Å². The zero-order valence-corrected chi connectivity index (χ0v) is 19.7. The molecule has 0 radical (unpaired) electrons. The van der Waals surface area contributed by atoms with Crippen molar-refractivity contribution in [1.82, 2.24) is 0 Å². The standard InChI is InChI=1S/C27H23ClFNO4/c1-16(2)18-8-10-19(11-9-18)26-30-23(27(31)34-26)13-17-12-21(28)25(24(14-17)32-3)33-15-20-6-4-5-7-22(20)29/h4-14,16H,15H2,1-3H3/b23-13+. The number of esters is 1. The topological polar surface area (TPSA) is 57.1 Å². The third kappa shape index (κ3) is 5.13. The van der Waals surface area contributed by atoms with Crippen molar-refractivity contribution < 1.29 is 23.4 Å². The first kappa shape index (κ1) is 23.5. The Labute approximate surface area is 202 Å². The van der Waals surface area contributed by atoms with Gasteiger partial charge in [0, 0.05) is 11.1 Å². The van der Waals surface area contributed by atoms with Crippen LogP contribution in [0.3, 0.4) is 0 Å². The van der Waals surface area contributed by atoms with E-state index in [-0.39, 0.29) is 34.8 Å². The number of methoxy groups -OCH3 is 1. The second-order valence-corrected chi connectivity index (χ2v) is 8.43. The molecule has 0 saturated heterocycles. The average molecular weight is 480 g/mol. The summed E-state index contributed by atoms with van der Waals surface area (Å²) >= 11 is 6.43. The maximum absolute atomic E-state index is 13.9. The molecule has 34 heavy (non-hydrogen) atoms. The quantitative estimate of drug-likeness (QED) is 0.285. The normalized spacial score (nSPS) is 14.4. The molecule has 0 unspecified atom stereocenters. The van der Waals surface area contributed by atoms with E-state index in [1.807, 2.05) is 24.3 Å². The summed E-state index contributed by atoms with van der Waals surface area (Å²) in [5.74, 6) is 0.336. The molecule has 1 heterocycles. The number of hydrogen-bond acceptors (Lipinski definition) is 5. The highest BCUT2D eigenvalue weighted by Crippen LogP contribution is 2.38. The van der Waals surface area contributed by atoms with Crippen LogP contribution in [0.4, 0.5) is 4.39 Å². The molecule has 0 atom stereocenters. The fraction of sp³-hybridized carbons (Fsp3) is 0.185. The Morgan fingerprint density at radius 2 is 1.85 bits per heavy atom. The second kappa shape index (κ2) is 10.1. The summed E-state index contributed by atoms with van der Waals surface area (Å²) in [6, 6.07) is 17.3. The van der Waals surface area contributed by atoms with Gasteiger partial charge in [0.05, 0.1) is 12.1 Å². The maximum Gasteiger partial charge on any atom is 0.363 e. The van der Waals surface area contributed by atoms with Crippen LogP contribution in [0.1, 0.15) is 42.0 Å². The van der Waals surface area contributed by atoms with Crippen LogP contribution in [-0.2, 0) is 16.1 Å². The van der Waals surface area contributed by atoms with Crippen molar-refractivity contribution in [1.29, 1.82) is 0 Å². The first-order valence-corrected chi connectivity index (χ1v) is 11.1. The number of ether oxygens (including phenoxy) is 3. The molecule has 0 bridgehead atoms. The van der Waals surface area contributed by atoms with E-state index >= 15 is 0 Å². The van der Waals surface area contributed by atoms with E-state index in [1.165, 1.54) is 18.7 Å². The summed E-state index contributed by atoms with van der Waals surface area (Å²) in [6.07, 6.45) is 1.56. The fourth-order valence-corrected chi connectivity index (χ4v) is 3.70. The lowest BCUT2D eigenvalue weighted by Gasteiger charge is -2.13. The molecule has 0 amide bonds. The van der Waals surface area contributed by atoms with Gasteiger partial charge in [-0.25, -0.2) is 14.2 Å². The summed E-state index contributed by atoms with van der Waals surface area (Å²) in [5, 5.41) is 0.252. The Kier molecular flexibility index (Phi) is 6.98. The van der Waals surface area contributed by atoms with E-state index in [4.69, 9.17) is 25.8 Å². The van der Waals surface area contributed by atoms with Crippen molar-refractivity contribution in [2.45, 2.75) is 26.4 Å². The van der Waals surface area contributed by atoms with E-state index in [9.17, 15) is 9.18 Å². The number of carbonyl (C=O) groups is 1. The molecule has 0 fully saturated rings. The monoisotopic (exact) mass is 479 g/mol. The highest BCUT2D eigenvalue weighted by Gasteiger charge is 2.24. The highest BCUT2D eigenvalue weighted by atomic mass is 35.5. The first-order valence-electron chi connectivity index (χ1n) is 10.7. The van der Waals surface area contributed by atoms with Crippen molar-refractivity contribution in [2.75, 3.05) is 7.11 Å². The minimum Gasteiger partial charge on any atom is -0.493 e. The minimum absolute atomic E-state index is 0.0151. The molecule has 7 heteroatoms. The van der Waals surface area contributed by atoms with E-state index in [2.05, 4.69) is 18.8 Å². The predicted molar refractivity (Wildman–Crippen MR) is 130 cm³/mol. The molecular weight excluding hydrogens is 457 g/mol. The molecule has 3 aromatic carbocycles. The van der Waals surface area contributed by atoms with Crippen molar-refractivity contribution in [3.63, 3.8) is 0 Å². The van der Waals surface area contributed by atoms with Crippen molar-refractivity contribution in [3.05, 3.63) is 99.5 Å². The summed E-state index contributed by atoms with van der Waals surface area (Å²) in [7, 11) is 1.47. The summed E-state index contributed by atoms with van der Waals surface area (Å²) in [6.45, 7) is 4.20. The van der Waals surface area contributed by atoms with Crippen LogP contribution < -0.4 is 9.47 Å². The van der Waals surface area contributed by atoms with Crippen molar-refractivity contribution >= 4 is 29.5 Å². The Hall–Kier alpha value is -3.64. The summed E-state index contributed by atoms with van der Waals surface area (Å²) < 4.78 is 30.4. The molecule has 0 saturated carbocycles. The Morgan fingerprint density at radius 1 is 1.12 bits per heavy atom. The lowest BCUT2D eigenvalue weighted by molar-refractivity contribution is -0.129. The van der Waals surface area contributed by atoms with Gasteiger partial charge in [0.1, 0.15) is 12.4 Å². The zero-order chi connectivity index (χ0) is 24.2. The molecule has 0 N–H and O–H groups in total. The van der Waals surface area contributed by atoms with Gasteiger partial charge >= 0.3 is 5.97 Å². The number of cyclic esters (lactones) is 1. The molecule has 3 aromatic rings. The Morgan fingerprint density at radius 3 is 2.53 bits per heavy atom. The molecule has 1 aliphatic heterocycles. The van der Waals surface area contributed by atoms with Gasteiger partial charge in [-0.2, -0.15) is 0 Å². The number of halogens is 2. The Bertz CT molecular complexity index is 1280.